The number of hydrazine groups is 1. The van der Waals surface area contributed by atoms with Gasteiger partial charge in [-0.05, 0) is 48.7 Å². The van der Waals surface area contributed by atoms with Crippen molar-refractivity contribution < 1.29 is 23.5 Å². The number of H-pyrrole nitrogens is 1. The molecule has 43 heavy (non-hydrogen) atoms. The van der Waals surface area contributed by atoms with Gasteiger partial charge in [0.05, 0.1) is 35.7 Å². The first-order valence-electron chi connectivity index (χ1n) is 13.0. The van der Waals surface area contributed by atoms with Crippen LogP contribution in [-0.2, 0) is 14.3 Å². The number of carbonyl (C=O) groups is 3. The molecule has 2 bridgehead atoms. The van der Waals surface area contributed by atoms with Gasteiger partial charge in [0.1, 0.15) is 5.70 Å². The number of anilines is 3. The molecular weight excluding hydrogens is 581 g/mol. The van der Waals surface area contributed by atoms with Crippen molar-refractivity contribution >= 4 is 46.6 Å². The van der Waals surface area contributed by atoms with Crippen LogP contribution in [0.2, 0.25) is 5.02 Å². The number of hydrogen-bond donors (Lipinski definition) is 6. The Balaban J connectivity index is 1.69. The fraction of sp³-hybridized carbons (Fsp3) is 0.172. The Hall–Kier alpha value is -5.14. The molecule has 1 aromatic heterocycles. The standard InChI is InChI=1S/C29H29ClFN7O5/c1-43-29(42)34-17-10-11-18-16-12-23(36-26(40)13-16)21(7-3-2-4-9-25(39)35-22(18)14-17)37-28(41)20(32)15-38(33)24-8-5-6-19(30)27(24)31/h2-3,5-6,8,10-15,21H,4,7,9,32-33H2,1H3,(H,34,42)(H,35,39)(H,36,40)(H,37,41)/b3-2+,20-15-. The van der Waals surface area contributed by atoms with E-state index in [2.05, 4.69) is 25.7 Å². The van der Waals surface area contributed by atoms with Crippen molar-refractivity contribution in [3.63, 3.8) is 0 Å². The van der Waals surface area contributed by atoms with Gasteiger partial charge < -0.3 is 26.1 Å². The smallest absolute Gasteiger partial charge is 0.411 e. The average molecular weight is 610 g/mol. The number of halogens is 2. The maximum atomic E-state index is 14.4. The maximum absolute atomic E-state index is 14.4. The molecule has 2 heterocycles. The summed E-state index contributed by atoms with van der Waals surface area (Å²) in [5.41, 5.74) is 7.09. The van der Waals surface area contributed by atoms with Crippen LogP contribution in [0.25, 0.3) is 11.1 Å². The second-order valence-electron chi connectivity index (χ2n) is 9.45. The number of rotatable bonds is 5. The van der Waals surface area contributed by atoms with E-state index < -0.39 is 29.4 Å². The van der Waals surface area contributed by atoms with Crippen LogP contribution in [0.1, 0.15) is 31.0 Å². The molecule has 0 spiro atoms. The number of aromatic amines is 1. The SMILES string of the molecule is COC(=O)Nc1ccc2c(c1)NC(=O)CC/C=C/CC(NC(=O)/C(N)=C/N(N)c1cccc(Cl)c1F)c1cc-2cc(=O)[nH]1. The third-order valence-electron chi connectivity index (χ3n) is 6.41. The number of benzene rings is 2. The lowest BCUT2D eigenvalue weighted by molar-refractivity contribution is -0.118. The van der Waals surface area contributed by atoms with E-state index in [0.717, 1.165) is 11.2 Å². The third-order valence-corrected chi connectivity index (χ3v) is 6.70. The Morgan fingerprint density at radius 2 is 1.95 bits per heavy atom. The maximum Gasteiger partial charge on any atom is 0.411 e. The second-order valence-corrected chi connectivity index (χ2v) is 9.86. The zero-order valence-electron chi connectivity index (χ0n) is 22.9. The third kappa shape index (κ3) is 7.78. The molecule has 1 atom stereocenters. The van der Waals surface area contributed by atoms with Crippen molar-refractivity contribution in [1.29, 1.82) is 0 Å². The highest BCUT2D eigenvalue weighted by Crippen LogP contribution is 2.32. The number of allylic oxidation sites excluding steroid dienone is 1. The van der Waals surface area contributed by atoms with Gasteiger partial charge in [-0.2, -0.15) is 0 Å². The second kappa shape index (κ2) is 13.7. The lowest BCUT2D eigenvalue weighted by Crippen LogP contribution is -2.36. The topological polar surface area (TPSA) is 185 Å². The summed E-state index contributed by atoms with van der Waals surface area (Å²) >= 11 is 5.82. The molecule has 0 saturated heterocycles. The van der Waals surface area contributed by atoms with Crippen molar-refractivity contribution in [2.75, 3.05) is 22.8 Å². The highest BCUT2D eigenvalue weighted by molar-refractivity contribution is 6.31. The summed E-state index contributed by atoms with van der Waals surface area (Å²) in [5, 5.41) is 8.84. The number of methoxy groups -OCH3 is 1. The van der Waals surface area contributed by atoms with E-state index in [0.29, 0.717) is 34.6 Å². The summed E-state index contributed by atoms with van der Waals surface area (Å²) in [7, 11) is 1.23. The summed E-state index contributed by atoms with van der Waals surface area (Å²) < 4.78 is 19.0. The van der Waals surface area contributed by atoms with Gasteiger partial charge in [0.25, 0.3) is 5.91 Å². The minimum Gasteiger partial charge on any atom is -0.453 e. The number of nitrogens with two attached hydrogens (primary N) is 2. The van der Waals surface area contributed by atoms with Gasteiger partial charge in [-0.3, -0.25) is 24.7 Å². The first-order valence-corrected chi connectivity index (χ1v) is 13.4. The van der Waals surface area contributed by atoms with Gasteiger partial charge in [0, 0.05) is 29.4 Å². The molecule has 1 aliphatic rings. The first-order chi connectivity index (χ1) is 20.5. The number of fused-ring (bicyclic) bond motifs is 4. The van der Waals surface area contributed by atoms with E-state index in [1.807, 2.05) is 0 Å². The Morgan fingerprint density at radius 1 is 1.16 bits per heavy atom. The number of carbonyl (C=O) groups excluding carboxylic acids is 3. The zero-order chi connectivity index (χ0) is 31.1. The Morgan fingerprint density at radius 3 is 2.72 bits per heavy atom. The molecule has 2 aromatic carbocycles. The molecule has 8 N–H and O–H groups in total. The predicted octanol–water partition coefficient (Wildman–Crippen LogP) is 4.03. The fourth-order valence-electron chi connectivity index (χ4n) is 4.31. The number of ether oxygens (including phenoxy) is 1. The molecule has 0 fully saturated rings. The first kappa shape index (κ1) is 30.8. The fourth-order valence-corrected chi connectivity index (χ4v) is 4.48. The van der Waals surface area contributed by atoms with E-state index in [1.54, 1.807) is 36.4 Å². The van der Waals surface area contributed by atoms with E-state index in [-0.39, 0.29) is 35.2 Å². The number of aromatic nitrogens is 1. The number of pyridine rings is 1. The Bertz CT molecular complexity index is 1670. The van der Waals surface area contributed by atoms with Crippen molar-refractivity contribution in [3.8, 4) is 11.1 Å². The summed E-state index contributed by atoms with van der Waals surface area (Å²) in [6.45, 7) is 0. The van der Waals surface area contributed by atoms with E-state index in [1.165, 1.54) is 31.4 Å². The molecule has 3 aromatic rings. The largest absolute Gasteiger partial charge is 0.453 e. The number of nitrogens with zero attached hydrogens (tertiary/aromatic N) is 1. The normalized spacial score (nSPS) is 15.9. The van der Waals surface area contributed by atoms with Gasteiger partial charge >= 0.3 is 6.09 Å². The molecule has 14 heteroatoms. The minimum atomic E-state index is -0.785. The molecule has 12 nitrogen and oxygen atoms in total. The van der Waals surface area contributed by atoms with Crippen LogP contribution in [0, 0.1) is 5.82 Å². The monoisotopic (exact) mass is 609 g/mol. The van der Waals surface area contributed by atoms with Crippen molar-refractivity contribution in [2.24, 2.45) is 11.6 Å². The van der Waals surface area contributed by atoms with Crippen molar-refractivity contribution in [2.45, 2.75) is 25.3 Å². The van der Waals surface area contributed by atoms with Crippen LogP contribution in [0.15, 0.2) is 77.4 Å². The van der Waals surface area contributed by atoms with Gasteiger partial charge in [-0.25, -0.2) is 15.0 Å². The predicted molar refractivity (Wildman–Crippen MR) is 161 cm³/mol. The van der Waals surface area contributed by atoms with Gasteiger partial charge in [-0.1, -0.05) is 35.9 Å². The van der Waals surface area contributed by atoms with Crippen molar-refractivity contribution in [1.82, 2.24) is 10.3 Å². The van der Waals surface area contributed by atoms with Crippen LogP contribution < -0.4 is 38.1 Å². The summed E-state index contributed by atoms with van der Waals surface area (Å²) in [4.78, 5) is 53.1. The van der Waals surface area contributed by atoms with Crippen molar-refractivity contribution in [3.05, 3.63) is 99.5 Å². The number of nitrogens with one attached hydrogen (secondary N) is 4. The summed E-state index contributed by atoms with van der Waals surface area (Å²) in [5.74, 6) is 4.12. The summed E-state index contributed by atoms with van der Waals surface area (Å²) in [6.07, 6.45) is 4.68. The van der Waals surface area contributed by atoms with E-state index in [4.69, 9.17) is 23.2 Å². The van der Waals surface area contributed by atoms with Crippen LogP contribution in [0.5, 0.6) is 0 Å². The van der Waals surface area contributed by atoms with E-state index in [9.17, 15) is 23.6 Å². The lowest BCUT2D eigenvalue weighted by atomic mass is 10.00. The molecule has 0 saturated carbocycles. The van der Waals surface area contributed by atoms with Crippen LogP contribution in [0.3, 0.4) is 0 Å². The number of hydrogen-bond acceptors (Lipinski definition) is 8. The molecule has 0 aliphatic carbocycles. The van der Waals surface area contributed by atoms with Crippen LogP contribution >= 0.6 is 11.6 Å². The highest BCUT2D eigenvalue weighted by atomic mass is 35.5. The van der Waals surface area contributed by atoms with Crippen LogP contribution in [-0.4, -0.2) is 30.0 Å². The van der Waals surface area contributed by atoms with Gasteiger partial charge in [0.15, 0.2) is 5.82 Å². The minimum absolute atomic E-state index is 0.1000. The molecule has 0 radical (unpaired) electrons. The molecule has 1 aliphatic heterocycles. The summed E-state index contributed by atoms with van der Waals surface area (Å²) in [6, 6.07) is 11.2. The van der Waals surface area contributed by atoms with Gasteiger partial charge in [0.2, 0.25) is 11.5 Å². The molecular formula is C29H29ClFN7O5. The molecule has 224 valence electrons. The molecule has 3 amide bonds. The average Bonchev–Trinajstić information content (AvgIpc) is 2.97. The quantitative estimate of drug-likeness (QED) is 0.108. The lowest BCUT2D eigenvalue weighted by Gasteiger charge is -2.20. The van der Waals surface area contributed by atoms with E-state index >= 15 is 0 Å². The Labute approximate surface area is 250 Å². The Kier molecular flexibility index (Phi) is 9.80. The number of amides is 3. The molecule has 1 unspecified atom stereocenters. The zero-order valence-corrected chi connectivity index (χ0v) is 23.7. The molecule has 4 rings (SSSR count). The highest BCUT2D eigenvalue weighted by Gasteiger charge is 2.20. The van der Waals surface area contributed by atoms with Crippen LogP contribution in [0.4, 0.5) is 26.2 Å². The van der Waals surface area contributed by atoms with Gasteiger partial charge in [-0.15, -0.1) is 0 Å².